The van der Waals surface area contributed by atoms with Gasteiger partial charge in [-0.3, -0.25) is 4.99 Å². The molecule has 1 aromatic heterocycles. The fourth-order valence-electron chi connectivity index (χ4n) is 2.87. The molecular weight excluding hydrogens is 366 g/mol. The van der Waals surface area contributed by atoms with Crippen molar-refractivity contribution in [2.24, 2.45) is 4.99 Å². The zero-order valence-electron chi connectivity index (χ0n) is 17.1. The van der Waals surface area contributed by atoms with Crippen LogP contribution in [0.4, 0.5) is 5.69 Å². The molecule has 0 aliphatic heterocycles. The Hall–Kier alpha value is -3.48. The molecule has 7 nitrogen and oxygen atoms in total. The second kappa shape index (κ2) is 10.2. The molecule has 1 heterocycles. The van der Waals surface area contributed by atoms with E-state index in [1.54, 1.807) is 14.2 Å². The highest BCUT2D eigenvalue weighted by Gasteiger charge is 2.07. The minimum atomic E-state index is 0.573. The summed E-state index contributed by atoms with van der Waals surface area (Å²) in [6.45, 7) is 3.25. The molecule has 0 saturated heterocycles. The van der Waals surface area contributed by atoms with Gasteiger partial charge < -0.3 is 20.1 Å². The molecule has 0 radical (unpaired) electrons. The predicted molar refractivity (Wildman–Crippen MR) is 116 cm³/mol. The third-order valence-electron chi connectivity index (χ3n) is 4.31. The summed E-state index contributed by atoms with van der Waals surface area (Å²) in [5.74, 6) is 2.09. The maximum Gasteiger partial charge on any atom is 0.195 e. The largest absolute Gasteiger partial charge is 0.493 e. The number of methoxy groups -OCH3 is 1. The van der Waals surface area contributed by atoms with Crippen molar-refractivity contribution in [2.45, 2.75) is 13.3 Å². The summed E-state index contributed by atoms with van der Waals surface area (Å²) in [5.41, 5.74) is 3.08. The number of para-hydroxylation sites is 1. The maximum absolute atomic E-state index is 5.63. The smallest absolute Gasteiger partial charge is 0.195 e. The number of hydrogen-bond acceptors (Lipinski definition) is 4. The van der Waals surface area contributed by atoms with Crippen LogP contribution >= 0.6 is 0 Å². The van der Waals surface area contributed by atoms with Gasteiger partial charge in [-0.25, -0.2) is 4.68 Å². The first kappa shape index (κ1) is 20.3. The number of ether oxygens (including phenoxy) is 2. The van der Waals surface area contributed by atoms with Crippen molar-refractivity contribution in [2.75, 3.05) is 32.6 Å². The Bertz CT molecular complexity index is 937. The molecule has 0 saturated carbocycles. The highest BCUT2D eigenvalue weighted by molar-refractivity contribution is 5.93. The third kappa shape index (κ3) is 5.51. The van der Waals surface area contributed by atoms with E-state index >= 15 is 0 Å². The van der Waals surface area contributed by atoms with Crippen LogP contribution < -0.4 is 20.1 Å². The number of rotatable bonds is 8. The normalized spacial score (nSPS) is 11.2. The lowest BCUT2D eigenvalue weighted by molar-refractivity contribution is 0.311. The van der Waals surface area contributed by atoms with Crippen LogP contribution in [-0.2, 0) is 6.42 Å². The molecule has 0 unspecified atom stereocenters. The molecule has 0 atom stereocenters. The molecule has 2 aromatic carbocycles. The number of nitrogens with one attached hydrogen (secondary N) is 2. The number of aromatic nitrogens is 2. The van der Waals surface area contributed by atoms with Crippen molar-refractivity contribution in [3.63, 3.8) is 0 Å². The van der Waals surface area contributed by atoms with Crippen molar-refractivity contribution in [3.8, 4) is 17.2 Å². The van der Waals surface area contributed by atoms with Crippen molar-refractivity contribution >= 4 is 11.6 Å². The number of benzene rings is 2. The molecule has 0 aliphatic carbocycles. The summed E-state index contributed by atoms with van der Waals surface area (Å²) in [4.78, 5) is 4.29. The van der Waals surface area contributed by atoms with Gasteiger partial charge in [0.15, 0.2) is 17.5 Å². The van der Waals surface area contributed by atoms with E-state index in [4.69, 9.17) is 9.47 Å². The van der Waals surface area contributed by atoms with Crippen molar-refractivity contribution in [1.82, 2.24) is 15.1 Å². The summed E-state index contributed by atoms with van der Waals surface area (Å²) in [7, 11) is 3.38. The van der Waals surface area contributed by atoms with Crippen LogP contribution in [0.3, 0.4) is 0 Å². The average molecular weight is 393 g/mol. The van der Waals surface area contributed by atoms with Gasteiger partial charge in [0.25, 0.3) is 0 Å². The van der Waals surface area contributed by atoms with Gasteiger partial charge in [-0.1, -0.05) is 18.2 Å². The Morgan fingerprint density at radius 1 is 1.14 bits per heavy atom. The Labute approximate surface area is 171 Å². The van der Waals surface area contributed by atoms with Gasteiger partial charge in [0.2, 0.25) is 0 Å². The average Bonchev–Trinajstić information content (AvgIpc) is 3.23. The molecule has 0 amide bonds. The molecular formula is C22H27N5O2. The molecule has 29 heavy (non-hydrogen) atoms. The quantitative estimate of drug-likeness (QED) is 0.453. The summed E-state index contributed by atoms with van der Waals surface area (Å²) in [6, 6.07) is 15.8. The Kier molecular flexibility index (Phi) is 7.10. The molecule has 2 N–H and O–H groups in total. The first-order valence-electron chi connectivity index (χ1n) is 9.61. The van der Waals surface area contributed by atoms with Crippen LogP contribution in [0.2, 0.25) is 0 Å². The summed E-state index contributed by atoms with van der Waals surface area (Å²) < 4.78 is 12.8. The van der Waals surface area contributed by atoms with Gasteiger partial charge in [-0.15, -0.1) is 0 Å². The molecule has 152 valence electrons. The summed E-state index contributed by atoms with van der Waals surface area (Å²) in [6.07, 6.45) is 4.77. The van der Waals surface area contributed by atoms with Crippen LogP contribution in [0.5, 0.6) is 11.5 Å². The Balaban J connectivity index is 1.55. The molecule has 0 fully saturated rings. The summed E-state index contributed by atoms with van der Waals surface area (Å²) >= 11 is 0. The van der Waals surface area contributed by atoms with Crippen LogP contribution in [0, 0.1) is 0 Å². The second-order valence-corrected chi connectivity index (χ2v) is 6.30. The van der Waals surface area contributed by atoms with E-state index in [-0.39, 0.29) is 0 Å². The molecule has 7 heteroatoms. The highest BCUT2D eigenvalue weighted by Crippen LogP contribution is 2.30. The minimum absolute atomic E-state index is 0.573. The van der Waals surface area contributed by atoms with E-state index in [1.807, 2.05) is 72.5 Å². The molecule has 3 aromatic rings. The van der Waals surface area contributed by atoms with E-state index < -0.39 is 0 Å². The standard InChI is InChI=1S/C22H27N5O2/c1-4-29-21-14-18(10-11-20(21)28-3)26-22(23-2)24-13-12-17-15-25-27(16-17)19-8-6-5-7-9-19/h5-11,14-16H,4,12-13H2,1-3H3,(H2,23,24,26). The van der Waals surface area contributed by atoms with Gasteiger partial charge in [0.05, 0.1) is 25.6 Å². The number of aliphatic imine (C=N–C) groups is 1. The van der Waals surface area contributed by atoms with Crippen molar-refractivity contribution in [1.29, 1.82) is 0 Å². The second-order valence-electron chi connectivity index (χ2n) is 6.30. The van der Waals surface area contributed by atoms with Crippen LogP contribution in [0.1, 0.15) is 12.5 Å². The molecule has 0 spiro atoms. The fourth-order valence-corrected chi connectivity index (χ4v) is 2.87. The lowest BCUT2D eigenvalue weighted by Gasteiger charge is -2.14. The van der Waals surface area contributed by atoms with E-state index in [0.717, 1.165) is 29.9 Å². The van der Waals surface area contributed by atoms with Gasteiger partial charge in [-0.05, 0) is 43.2 Å². The van der Waals surface area contributed by atoms with Gasteiger partial charge >= 0.3 is 0 Å². The van der Waals surface area contributed by atoms with E-state index in [2.05, 4.69) is 20.7 Å². The zero-order valence-corrected chi connectivity index (χ0v) is 17.1. The van der Waals surface area contributed by atoms with E-state index in [0.29, 0.717) is 24.1 Å². The maximum atomic E-state index is 5.63. The molecule has 3 rings (SSSR count). The lowest BCUT2D eigenvalue weighted by Crippen LogP contribution is -2.32. The van der Waals surface area contributed by atoms with Gasteiger partial charge in [0.1, 0.15) is 0 Å². The van der Waals surface area contributed by atoms with Crippen LogP contribution in [0.25, 0.3) is 5.69 Å². The van der Waals surface area contributed by atoms with Gasteiger partial charge in [-0.2, -0.15) is 5.10 Å². The summed E-state index contributed by atoms with van der Waals surface area (Å²) in [5, 5.41) is 11.0. The van der Waals surface area contributed by atoms with Crippen molar-refractivity contribution < 1.29 is 9.47 Å². The minimum Gasteiger partial charge on any atom is -0.493 e. The Morgan fingerprint density at radius 3 is 2.69 bits per heavy atom. The SMILES string of the molecule is CCOc1cc(NC(=NC)NCCc2cnn(-c3ccccc3)c2)ccc1OC. The van der Waals surface area contributed by atoms with Gasteiger partial charge in [0, 0.05) is 31.5 Å². The lowest BCUT2D eigenvalue weighted by atomic mass is 10.2. The zero-order chi connectivity index (χ0) is 20.5. The topological polar surface area (TPSA) is 72.7 Å². The number of anilines is 1. The Morgan fingerprint density at radius 2 is 1.97 bits per heavy atom. The number of hydrogen-bond donors (Lipinski definition) is 2. The fraction of sp³-hybridized carbons (Fsp3) is 0.273. The van der Waals surface area contributed by atoms with E-state index in [1.165, 1.54) is 0 Å². The van der Waals surface area contributed by atoms with E-state index in [9.17, 15) is 0 Å². The number of guanidine groups is 1. The first-order valence-corrected chi connectivity index (χ1v) is 9.61. The highest BCUT2D eigenvalue weighted by atomic mass is 16.5. The van der Waals surface area contributed by atoms with Crippen LogP contribution in [0.15, 0.2) is 65.9 Å². The van der Waals surface area contributed by atoms with Crippen LogP contribution in [-0.4, -0.2) is 43.0 Å². The number of nitrogens with zero attached hydrogens (tertiary/aromatic N) is 3. The predicted octanol–water partition coefficient (Wildman–Crippen LogP) is 3.51. The molecule has 0 bridgehead atoms. The third-order valence-corrected chi connectivity index (χ3v) is 4.31. The first-order chi connectivity index (χ1) is 14.2. The monoisotopic (exact) mass is 393 g/mol. The van der Waals surface area contributed by atoms with Crippen molar-refractivity contribution in [3.05, 3.63) is 66.5 Å². The molecule has 0 aliphatic rings.